The number of H-pyrrole nitrogens is 1. The minimum absolute atomic E-state index is 0.134. The summed E-state index contributed by atoms with van der Waals surface area (Å²) >= 11 is 0. The molecule has 1 heterocycles. The molecule has 6 heteroatoms. The molecular weight excluding hydrogens is 318 g/mol. The van der Waals surface area contributed by atoms with Gasteiger partial charge in [-0.2, -0.15) is 5.10 Å². The minimum atomic E-state index is -0.324. The third-order valence-electron chi connectivity index (χ3n) is 4.04. The van der Waals surface area contributed by atoms with E-state index < -0.39 is 0 Å². The molecule has 6 nitrogen and oxygen atoms in total. The summed E-state index contributed by atoms with van der Waals surface area (Å²) in [4.78, 5) is 12.4. The van der Waals surface area contributed by atoms with Crippen LogP contribution in [0.5, 0.6) is 11.5 Å². The standard InChI is InChI=1S/C19H19N3O3/c1-11-7-15(18(23)8-12(11)2)16-10-17(22-21-16)19(24)20-13-5-4-6-14(9-13)25-3/h4-10,23H,1-3H3,(H,20,24)(H,21,22). The van der Waals surface area contributed by atoms with Crippen LogP contribution in [0.2, 0.25) is 0 Å². The number of hydrogen-bond acceptors (Lipinski definition) is 4. The van der Waals surface area contributed by atoms with E-state index in [0.717, 1.165) is 11.1 Å². The van der Waals surface area contributed by atoms with Crippen molar-refractivity contribution in [3.63, 3.8) is 0 Å². The molecule has 128 valence electrons. The maximum absolute atomic E-state index is 12.4. The van der Waals surface area contributed by atoms with Crippen molar-refractivity contribution >= 4 is 11.6 Å². The van der Waals surface area contributed by atoms with Gasteiger partial charge in [0.05, 0.1) is 12.8 Å². The van der Waals surface area contributed by atoms with Gasteiger partial charge in [0, 0.05) is 17.3 Å². The molecule has 3 N–H and O–H groups in total. The lowest BCUT2D eigenvalue weighted by Gasteiger charge is -2.06. The number of aromatic amines is 1. The number of nitrogens with zero attached hydrogens (tertiary/aromatic N) is 1. The molecule has 0 aliphatic heterocycles. The van der Waals surface area contributed by atoms with Gasteiger partial charge in [-0.15, -0.1) is 0 Å². The summed E-state index contributed by atoms with van der Waals surface area (Å²) in [6, 6.07) is 12.2. The Morgan fingerprint density at radius 1 is 1.16 bits per heavy atom. The Hall–Kier alpha value is -3.28. The van der Waals surface area contributed by atoms with Crippen LogP contribution in [-0.4, -0.2) is 28.3 Å². The molecule has 0 fully saturated rings. The van der Waals surface area contributed by atoms with Crippen molar-refractivity contribution < 1.29 is 14.6 Å². The number of phenols is 1. The topological polar surface area (TPSA) is 87.2 Å². The zero-order chi connectivity index (χ0) is 18.0. The molecule has 0 unspecified atom stereocenters. The largest absolute Gasteiger partial charge is 0.507 e. The van der Waals surface area contributed by atoms with E-state index in [-0.39, 0.29) is 11.7 Å². The number of methoxy groups -OCH3 is 1. The summed E-state index contributed by atoms with van der Waals surface area (Å²) in [5, 5.41) is 19.8. The number of phenolic OH excluding ortho intramolecular Hbond substituents is 1. The molecule has 0 radical (unpaired) electrons. The van der Waals surface area contributed by atoms with Gasteiger partial charge in [0.1, 0.15) is 17.2 Å². The second kappa shape index (κ2) is 6.68. The monoisotopic (exact) mass is 337 g/mol. The highest BCUT2D eigenvalue weighted by Crippen LogP contribution is 2.31. The number of aryl methyl sites for hydroxylation is 2. The lowest BCUT2D eigenvalue weighted by molar-refractivity contribution is 0.102. The molecule has 0 atom stereocenters. The van der Waals surface area contributed by atoms with E-state index in [1.807, 2.05) is 19.9 Å². The number of carbonyl (C=O) groups excluding carboxylic acids is 1. The fourth-order valence-electron chi connectivity index (χ4n) is 2.48. The van der Waals surface area contributed by atoms with Crippen molar-refractivity contribution in [2.45, 2.75) is 13.8 Å². The second-order valence-corrected chi connectivity index (χ2v) is 5.81. The first-order chi connectivity index (χ1) is 12.0. The van der Waals surface area contributed by atoms with Crippen molar-refractivity contribution in [3.05, 3.63) is 59.3 Å². The highest BCUT2D eigenvalue weighted by atomic mass is 16.5. The van der Waals surface area contributed by atoms with Crippen LogP contribution in [0.4, 0.5) is 5.69 Å². The molecule has 0 saturated heterocycles. The smallest absolute Gasteiger partial charge is 0.273 e. The summed E-state index contributed by atoms with van der Waals surface area (Å²) in [7, 11) is 1.57. The van der Waals surface area contributed by atoms with Gasteiger partial charge in [-0.25, -0.2) is 0 Å². The highest BCUT2D eigenvalue weighted by molar-refractivity contribution is 6.03. The van der Waals surface area contributed by atoms with Crippen LogP contribution >= 0.6 is 0 Å². The van der Waals surface area contributed by atoms with E-state index in [1.165, 1.54) is 0 Å². The Labute approximate surface area is 145 Å². The quantitative estimate of drug-likeness (QED) is 0.678. The summed E-state index contributed by atoms with van der Waals surface area (Å²) in [5.74, 6) is 0.466. The van der Waals surface area contributed by atoms with E-state index in [0.29, 0.717) is 28.4 Å². The first-order valence-electron chi connectivity index (χ1n) is 7.79. The summed E-state index contributed by atoms with van der Waals surface area (Å²) in [5.41, 5.74) is 4.05. The van der Waals surface area contributed by atoms with Crippen LogP contribution < -0.4 is 10.1 Å². The van der Waals surface area contributed by atoms with Crippen LogP contribution in [0.15, 0.2) is 42.5 Å². The van der Waals surface area contributed by atoms with Crippen LogP contribution in [-0.2, 0) is 0 Å². The first kappa shape index (κ1) is 16.6. The number of ether oxygens (including phenoxy) is 1. The minimum Gasteiger partial charge on any atom is -0.507 e. The van der Waals surface area contributed by atoms with Crippen LogP contribution in [0.1, 0.15) is 21.6 Å². The number of carbonyl (C=O) groups is 1. The van der Waals surface area contributed by atoms with E-state index in [2.05, 4.69) is 15.5 Å². The normalized spacial score (nSPS) is 10.5. The van der Waals surface area contributed by atoms with Gasteiger partial charge in [0.25, 0.3) is 5.91 Å². The van der Waals surface area contributed by atoms with Gasteiger partial charge in [0.15, 0.2) is 0 Å². The highest BCUT2D eigenvalue weighted by Gasteiger charge is 2.14. The molecule has 25 heavy (non-hydrogen) atoms. The number of anilines is 1. The van der Waals surface area contributed by atoms with Gasteiger partial charge in [-0.05, 0) is 55.3 Å². The number of aromatic hydroxyl groups is 1. The zero-order valence-corrected chi connectivity index (χ0v) is 14.3. The number of nitrogens with one attached hydrogen (secondary N) is 2. The number of amides is 1. The zero-order valence-electron chi connectivity index (χ0n) is 14.3. The third kappa shape index (κ3) is 3.47. The maximum Gasteiger partial charge on any atom is 0.273 e. The third-order valence-corrected chi connectivity index (χ3v) is 4.04. The van der Waals surface area contributed by atoms with Crippen molar-refractivity contribution in [1.29, 1.82) is 0 Å². The fraction of sp³-hybridized carbons (Fsp3) is 0.158. The number of rotatable bonds is 4. The molecule has 1 amide bonds. The van der Waals surface area contributed by atoms with Gasteiger partial charge >= 0.3 is 0 Å². The van der Waals surface area contributed by atoms with Crippen molar-refractivity contribution in [2.75, 3.05) is 12.4 Å². The predicted molar refractivity (Wildman–Crippen MR) is 96.1 cm³/mol. The Balaban J connectivity index is 1.83. The lowest BCUT2D eigenvalue weighted by atomic mass is 10.0. The fourth-order valence-corrected chi connectivity index (χ4v) is 2.48. The van der Waals surface area contributed by atoms with E-state index >= 15 is 0 Å². The van der Waals surface area contributed by atoms with Crippen LogP contribution in [0.25, 0.3) is 11.3 Å². The van der Waals surface area contributed by atoms with Crippen LogP contribution in [0.3, 0.4) is 0 Å². The second-order valence-electron chi connectivity index (χ2n) is 5.81. The molecule has 0 aliphatic carbocycles. The summed E-state index contributed by atoms with van der Waals surface area (Å²) in [6.07, 6.45) is 0. The molecular formula is C19H19N3O3. The first-order valence-corrected chi connectivity index (χ1v) is 7.79. The number of benzene rings is 2. The molecule has 3 aromatic rings. The van der Waals surface area contributed by atoms with Gasteiger partial charge in [0.2, 0.25) is 0 Å². The predicted octanol–water partition coefficient (Wildman–Crippen LogP) is 3.66. The van der Waals surface area contributed by atoms with E-state index in [4.69, 9.17) is 4.74 Å². The van der Waals surface area contributed by atoms with Crippen molar-refractivity contribution in [3.8, 4) is 22.8 Å². The molecule has 0 aliphatic rings. The van der Waals surface area contributed by atoms with Gasteiger partial charge < -0.3 is 15.2 Å². The Kier molecular flexibility index (Phi) is 4.43. The van der Waals surface area contributed by atoms with Gasteiger partial charge in [-0.1, -0.05) is 6.07 Å². The SMILES string of the molecule is COc1cccc(NC(=O)c2cc(-c3cc(C)c(C)cc3O)n[nH]2)c1. The Morgan fingerprint density at radius 3 is 2.68 bits per heavy atom. The van der Waals surface area contributed by atoms with E-state index in [1.54, 1.807) is 43.5 Å². The Bertz CT molecular complexity index is 931. The average molecular weight is 337 g/mol. The van der Waals surface area contributed by atoms with Crippen molar-refractivity contribution in [1.82, 2.24) is 10.2 Å². The molecule has 2 aromatic carbocycles. The molecule has 1 aromatic heterocycles. The molecule has 0 spiro atoms. The molecule has 0 saturated carbocycles. The van der Waals surface area contributed by atoms with E-state index in [9.17, 15) is 9.90 Å². The van der Waals surface area contributed by atoms with Gasteiger partial charge in [-0.3, -0.25) is 9.89 Å². The van der Waals surface area contributed by atoms with Crippen molar-refractivity contribution in [2.24, 2.45) is 0 Å². The molecule has 3 rings (SSSR count). The summed E-state index contributed by atoms with van der Waals surface area (Å²) in [6.45, 7) is 3.89. The Morgan fingerprint density at radius 2 is 1.92 bits per heavy atom. The number of hydrogen-bond donors (Lipinski definition) is 3. The summed E-state index contributed by atoms with van der Waals surface area (Å²) < 4.78 is 5.14. The average Bonchev–Trinajstić information content (AvgIpc) is 3.08. The lowest BCUT2D eigenvalue weighted by Crippen LogP contribution is -2.12. The maximum atomic E-state index is 12.4. The number of aromatic nitrogens is 2. The van der Waals surface area contributed by atoms with Crippen LogP contribution in [0, 0.1) is 13.8 Å². The molecule has 0 bridgehead atoms.